The molecule has 1 N–H and O–H groups in total. The molecule has 0 spiro atoms. The number of hydrogen-bond acceptors (Lipinski definition) is 3. The number of nitrogens with zero attached hydrogens (tertiary/aromatic N) is 1. The maximum Gasteiger partial charge on any atom is 0.0368 e. The third-order valence-electron chi connectivity index (χ3n) is 5.36. The highest BCUT2D eigenvalue weighted by Gasteiger charge is 2.22. The molecule has 1 aliphatic carbocycles. The number of benzene rings is 2. The molecule has 2 nitrogen and oxygen atoms in total. The Morgan fingerprint density at radius 1 is 0.852 bits per heavy atom. The van der Waals surface area contributed by atoms with Crippen molar-refractivity contribution in [1.82, 2.24) is 5.32 Å². The summed E-state index contributed by atoms with van der Waals surface area (Å²) in [7, 11) is 0. The van der Waals surface area contributed by atoms with Crippen molar-refractivity contribution in [2.45, 2.75) is 50.3 Å². The Morgan fingerprint density at radius 3 is 2.26 bits per heavy atom. The first-order chi connectivity index (χ1) is 13.4. The fourth-order valence-electron chi connectivity index (χ4n) is 3.92. The van der Waals surface area contributed by atoms with Gasteiger partial charge in [-0.2, -0.15) is 11.8 Å². The van der Waals surface area contributed by atoms with Gasteiger partial charge in [0.25, 0.3) is 0 Å². The summed E-state index contributed by atoms with van der Waals surface area (Å²) in [4.78, 5) is 2.66. The molecular weight excluding hydrogens is 348 g/mol. The molecule has 1 aliphatic rings. The Labute approximate surface area is 169 Å². The molecule has 0 saturated heterocycles. The lowest BCUT2D eigenvalue weighted by Gasteiger charge is -2.31. The molecule has 146 valence electrons. The van der Waals surface area contributed by atoms with E-state index >= 15 is 0 Å². The van der Waals surface area contributed by atoms with E-state index < -0.39 is 0 Å². The zero-order chi connectivity index (χ0) is 18.6. The first-order valence-electron chi connectivity index (χ1n) is 10.6. The second-order valence-corrected chi connectivity index (χ2v) is 8.57. The Hall–Kier alpha value is -1.45. The molecule has 0 aliphatic heterocycles. The lowest BCUT2D eigenvalue weighted by atomic mass is 10.1. The largest absolute Gasteiger partial charge is 0.369 e. The van der Waals surface area contributed by atoms with Gasteiger partial charge in [-0.3, -0.25) is 0 Å². The zero-order valence-electron chi connectivity index (χ0n) is 16.5. The first kappa shape index (κ1) is 20.3. The Kier molecular flexibility index (Phi) is 9.09. The molecular formula is C24H34N2S. The molecule has 0 amide bonds. The van der Waals surface area contributed by atoms with Gasteiger partial charge < -0.3 is 10.2 Å². The maximum atomic E-state index is 3.64. The van der Waals surface area contributed by atoms with E-state index in [0.29, 0.717) is 0 Å². The molecule has 0 unspecified atom stereocenters. The van der Waals surface area contributed by atoms with Crippen molar-refractivity contribution in [2.24, 2.45) is 0 Å². The SMILES string of the molecule is c1ccc(CSCCCNCCCN(c2ccccc2)C2CCCC2)cc1. The average molecular weight is 383 g/mol. The van der Waals surface area contributed by atoms with Crippen molar-refractivity contribution >= 4 is 17.4 Å². The average Bonchev–Trinajstić information content (AvgIpc) is 3.25. The van der Waals surface area contributed by atoms with Gasteiger partial charge in [0.1, 0.15) is 0 Å². The minimum absolute atomic E-state index is 0.752. The van der Waals surface area contributed by atoms with Crippen molar-refractivity contribution in [2.75, 3.05) is 30.3 Å². The van der Waals surface area contributed by atoms with Crippen LogP contribution < -0.4 is 10.2 Å². The fourth-order valence-corrected chi connectivity index (χ4v) is 4.84. The van der Waals surface area contributed by atoms with Crippen LogP contribution in [-0.2, 0) is 5.75 Å². The van der Waals surface area contributed by atoms with Crippen molar-refractivity contribution in [3.05, 3.63) is 66.2 Å². The fraction of sp³-hybridized carbons (Fsp3) is 0.500. The van der Waals surface area contributed by atoms with Crippen molar-refractivity contribution in [3.8, 4) is 0 Å². The molecule has 27 heavy (non-hydrogen) atoms. The molecule has 3 heteroatoms. The second kappa shape index (κ2) is 12.1. The van der Waals surface area contributed by atoms with Crippen LogP contribution in [0, 0.1) is 0 Å². The zero-order valence-corrected chi connectivity index (χ0v) is 17.3. The molecule has 0 heterocycles. The summed E-state index contributed by atoms with van der Waals surface area (Å²) in [6.45, 7) is 3.43. The molecule has 1 saturated carbocycles. The summed E-state index contributed by atoms with van der Waals surface area (Å²) in [5.41, 5.74) is 2.84. The maximum absolute atomic E-state index is 3.64. The number of thioether (sulfide) groups is 1. The van der Waals surface area contributed by atoms with E-state index in [1.54, 1.807) is 0 Å². The summed E-state index contributed by atoms with van der Waals surface area (Å²) in [6, 6.07) is 22.5. The van der Waals surface area contributed by atoms with Gasteiger partial charge in [0, 0.05) is 24.0 Å². The van der Waals surface area contributed by atoms with E-state index in [9.17, 15) is 0 Å². The van der Waals surface area contributed by atoms with Gasteiger partial charge in [0.15, 0.2) is 0 Å². The number of para-hydroxylation sites is 1. The second-order valence-electron chi connectivity index (χ2n) is 7.46. The van der Waals surface area contributed by atoms with Gasteiger partial charge in [-0.25, -0.2) is 0 Å². The van der Waals surface area contributed by atoms with Gasteiger partial charge in [-0.15, -0.1) is 0 Å². The van der Waals surface area contributed by atoms with E-state index in [0.717, 1.165) is 24.9 Å². The summed E-state index contributed by atoms with van der Waals surface area (Å²) in [6.07, 6.45) is 7.99. The lowest BCUT2D eigenvalue weighted by molar-refractivity contribution is 0.568. The van der Waals surface area contributed by atoms with E-state index in [2.05, 4.69) is 70.9 Å². The molecule has 3 rings (SSSR count). The standard InChI is InChI=1S/C24H34N2S/c1-3-11-22(12-4-1)21-27-20-10-18-25-17-9-19-26(24-15-7-8-16-24)23-13-5-2-6-14-23/h1-6,11-14,24-25H,7-10,15-21H2. The number of rotatable bonds is 12. The van der Waals surface area contributed by atoms with Crippen LogP contribution in [0.5, 0.6) is 0 Å². The molecule has 2 aromatic rings. The van der Waals surface area contributed by atoms with Gasteiger partial charge in [0.05, 0.1) is 0 Å². The van der Waals surface area contributed by atoms with E-state index in [1.807, 2.05) is 11.8 Å². The van der Waals surface area contributed by atoms with Crippen molar-refractivity contribution in [1.29, 1.82) is 0 Å². The van der Waals surface area contributed by atoms with E-state index in [4.69, 9.17) is 0 Å². The van der Waals surface area contributed by atoms with Crippen LogP contribution in [0.3, 0.4) is 0 Å². The lowest BCUT2D eigenvalue weighted by Crippen LogP contribution is -2.35. The monoisotopic (exact) mass is 382 g/mol. The molecule has 0 bridgehead atoms. The van der Waals surface area contributed by atoms with Crippen LogP contribution in [0.4, 0.5) is 5.69 Å². The van der Waals surface area contributed by atoms with E-state index in [1.165, 1.54) is 62.1 Å². The minimum Gasteiger partial charge on any atom is -0.369 e. The smallest absolute Gasteiger partial charge is 0.0368 e. The quantitative estimate of drug-likeness (QED) is 0.471. The minimum atomic E-state index is 0.752. The van der Waals surface area contributed by atoms with Crippen molar-refractivity contribution < 1.29 is 0 Å². The Balaban J connectivity index is 1.27. The topological polar surface area (TPSA) is 15.3 Å². The van der Waals surface area contributed by atoms with Gasteiger partial charge in [0.2, 0.25) is 0 Å². The van der Waals surface area contributed by atoms with Crippen LogP contribution in [0.25, 0.3) is 0 Å². The van der Waals surface area contributed by atoms with Gasteiger partial charge in [-0.05, 0) is 62.2 Å². The first-order valence-corrected chi connectivity index (χ1v) is 11.7. The predicted molar refractivity (Wildman–Crippen MR) is 121 cm³/mol. The summed E-state index contributed by atoms with van der Waals surface area (Å²) in [5.74, 6) is 2.37. The Bertz CT molecular complexity index is 611. The van der Waals surface area contributed by atoms with E-state index in [-0.39, 0.29) is 0 Å². The molecule has 0 atom stereocenters. The summed E-state index contributed by atoms with van der Waals surface area (Å²) >= 11 is 2.04. The van der Waals surface area contributed by atoms with Crippen LogP contribution in [-0.4, -0.2) is 31.4 Å². The summed E-state index contributed by atoms with van der Waals surface area (Å²) < 4.78 is 0. The molecule has 1 fully saturated rings. The highest BCUT2D eigenvalue weighted by molar-refractivity contribution is 7.98. The highest BCUT2D eigenvalue weighted by atomic mass is 32.2. The number of hydrogen-bond donors (Lipinski definition) is 1. The van der Waals surface area contributed by atoms with Crippen LogP contribution >= 0.6 is 11.8 Å². The van der Waals surface area contributed by atoms with Crippen molar-refractivity contribution in [3.63, 3.8) is 0 Å². The predicted octanol–water partition coefficient (Wildman–Crippen LogP) is 5.74. The highest BCUT2D eigenvalue weighted by Crippen LogP contribution is 2.28. The third-order valence-corrected chi connectivity index (χ3v) is 6.47. The third kappa shape index (κ3) is 7.23. The normalized spacial score (nSPS) is 14.5. The van der Waals surface area contributed by atoms with Gasteiger partial charge in [-0.1, -0.05) is 61.4 Å². The summed E-state index contributed by atoms with van der Waals surface area (Å²) in [5, 5.41) is 3.64. The number of anilines is 1. The number of nitrogens with one attached hydrogen (secondary N) is 1. The van der Waals surface area contributed by atoms with Gasteiger partial charge >= 0.3 is 0 Å². The molecule has 0 aromatic heterocycles. The van der Waals surface area contributed by atoms with Crippen LogP contribution in [0.2, 0.25) is 0 Å². The Morgan fingerprint density at radius 2 is 1.52 bits per heavy atom. The molecule has 2 aromatic carbocycles. The molecule has 0 radical (unpaired) electrons. The van der Waals surface area contributed by atoms with Crippen LogP contribution in [0.1, 0.15) is 44.1 Å². The van der Waals surface area contributed by atoms with Crippen LogP contribution in [0.15, 0.2) is 60.7 Å².